The molecule has 2 rings (SSSR count). The minimum absolute atomic E-state index is 0. The van der Waals surface area contributed by atoms with Crippen molar-refractivity contribution in [2.24, 2.45) is 4.99 Å². The van der Waals surface area contributed by atoms with Gasteiger partial charge in [-0.25, -0.2) is 4.98 Å². The van der Waals surface area contributed by atoms with Crippen LogP contribution >= 0.6 is 35.3 Å². The summed E-state index contributed by atoms with van der Waals surface area (Å²) in [6.45, 7) is 4.04. The summed E-state index contributed by atoms with van der Waals surface area (Å²) in [5.74, 6) is 1.54. The van der Waals surface area contributed by atoms with Crippen LogP contribution in [-0.4, -0.2) is 42.7 Å². The second-order valence-corrected chi connectivity index (χ2v) is 5.63. The Kier molecular flexibility index (Phi) is 9.53. The highest BCUT2D eigenvalue weighted by Crippen LogP contribution is 2.07. The van der Waals surface area contributed by atoms with Gasteiger partial charge in [-0.1, -0.05) is 0 Å². The van der Waals surface area contributed by atoms with Gasteiger partial charge in [0.25, 0.3) is 0 Å². The van der Waals surface area contributed by atoms with E-state index in [0.29, 0.717) is 13.2 Å². The summed E-state index contributed by atoms with van der Waals surface area (Å²) in [4.78, 5) is 12.6. The summed E-state index contributed by atoms with van der Waals surface area (Å²) in [6.07, 6.45) is 4.31. The van der Waals surface area contributed by atoms with Crippen LogP contribution in [0.3, 0.4) is 0 Å². The number of halogens is 1. The van der Waals surface area contributed by atoms with Crippen LogP contribution < -0.4 is 15.4 Å². The SMILES string of the molecule is CN=C(NCCOc1cccnc1)NCCc1csc(C)n1.I. The van der Waals surface area contributed by atoms with Crippen molar-refractivity contribution >= 4 is 41.3 Å². The third kappa shape index (κ3) is 7.60. The third-order valence-electron chi connectivity index (χ3n) is 2.86. The largest absolute Gasteiger partial charge is 0.490 e. The van der Waals surface area contributed by atoms with Crippen molar-refractivity contribution in [3.8, 4) is 5.75 Å². The van der Waals surface area contributed by atoms with Gasteiger partial charge in [-0.2, -0.15) is 0 Å². The van der Waals surface area contributed by atoms with Crippen LogP contribution in [0.1, 0.15) is 10.7 Å². The summed E-state index contributed by atoms with van der Waals surface area (Å²) < 4.78 is 5.56. The molecule has 0 radical (unpaired) electrons. The van der Waals surface area contributed by atoms with E-state index >= 15 is 0 Å². The Bertz CT molecular complexity index is 591. The lowest BCUT2D eigenvalue weighted by Crippen LogP contribution is -2.40. The molecule has 0 atom stereocenters. The van der Waals surface area contributed by atoms with Crippen LogP contribution in [0.2, 0.25) is 0 Å². The van der Waals surface area contributed by atoms with Crippen molar-refractivity contribution < 1.29 is 4.74 Å². The highest BCUT2D eigenvalue weighted by Gasteiger charge is 2.00. The summed E-state index contributed by atoms with van der Waals surface area (Å²) >= 11 is 1.68. The van der Waals surface area contributed by atoms with E-state index < -0.39 is 0 Å². The molecule has 23 heavy (non-hydrogen) atoms. The number of aliphatic imine (C=N–C) groups is 1. The third-order valence-corrected chi connectivity index (χ3v) is 3.68. The number of ether oxygens (including phenoxy) is 1. The Labute approximate surface area is 157 Å². The zero-order valence-corrected chi connectivity index (χ0v) is 16.4. The molecular weight excluding hydrogens is 425 g/mol. The van der Waals surface area contributed by atoms with Crippen LogP contribution in [0.4, 0.5) is 0 Å². The van der Waals surface area contributed by atoms with Gasteiger partial charge in [0.1, 0.15) is 12.4 Å². The maximum atomic E-state index is 5.56. The van der Waals surface area contributed by atoms with Crippen molar-refractivity contribution in [3.05, 3.63) is 40.6 Å². The fourth-order valence-electron chi connectivity index (χ4n) is 1.82. The lowest BCUT2D eigenvalue weighted by molar-refractivity contribution is 0.320. The minimum atomic E-state index is 0. The van der Waals surface area contributed by atoms with E-state index in [1.807, 2.05) is 19.1 Å². The van der Waals surface area contributed by atoms with Crippen molar-refractivity contribution in [1.82, 2.24) is 20.6 Å². The van der Waals surface area contributed by atoms with E-state index in [1.54, 1.807) is 30.8 Å². The Morgan fingerprint density at radius 1 is 1.35 bits per heavy atom. The highest BCUT2D eigenvalue weighted by atomic mass is 127. The first kappa shape index (κ1) is 19.6. The first-order valence-electron chi connectivity index (χ1n) is 7.16. The normalized spacial score (nSPS) is 10.8. The van der Waals surface area contributed by atoms with Gasteiger partial charge in [0.15, 0.2) is 5.96 Å². The molecule has 0 aliphatic carbocycles. The van der Waals surface area contributed by atoms with Gasteiger partial charge in [0.2, 0.25) is 0 Å². The number of pyridine rings is 1. The molecule has 0 aromatic carbocycles. The topological polar surface area (TPSA) is 71.4 Å². The lowest BCUT2D eigenvalue weighted by Gasteiger charge is -2.12. The molecule has 0 saturated heterocycles. The summed E-state index contributed by atoms with van der Waals surface area (Å²) in [5.41, 5.74) is 1.12. The predicted octanol–water partition coefficient (Wildman–Crippen LogP) is 2.25. The number of aryl methyl sites for hydroxylation is 1. The number of thiazole rings is 1. The fourth-order valence-corrected chi connectivity index (χ4v) is 2.47. The second-order valence-electron chi connectivity index (χ2n) is 4.57. The van der Waals surface area contributed by atoms with Gasteiger partial charge in [0, 0.05) is 31.6 Å². The number of aromatic nitrogens is 2. The zero-order chi connectivity index (χ0) is 15.6. The molecule has 6 nitrogen and oxygen atoms in total. The van der Waals surface area contributed by atoms with Crippen molar-refractivity contribution in [2.75, 3.05) is 26.7 Å². The smallest absolute Gasteiger partial charge is 0.191 e. The average molecular weight is 447 g/mol. The molecule has 8 heteroatoms. The summed E-state index contributed by atoms with van der Waals surface area (Å²) in [6, 6.07) is 3.74. The van der Waals surface area contributed by atoms with Gasteiger partial charge in [-0.3, -0.25) is 9.98 Å². The molecule has 0 bridgehead atoms. The maximum Gasteiger partial charge on any atom is 0.191 e. The standard InChI is InChI=1S/C15H21N5OS.HI/c1-12-20-13(11-22-12)5-7-18-15(16-2)19-8-9-21-14-4-3-6-17-10-14;/h3-4,6,10-11H,5,7-9H2,1-2H3,(H2,16,18,19);1H. The fraction of sp³-hybridized carbons (Fsp3) is 0.400. The Balaban J connectivity index is 0.00000264. The first-order valence-corrected chi connectivity index (χ1v) is 8.04. The van der Waals surface area contributed by atoms with Crippen LogP contribution in [0.5, 0.6) is 5.75 Å². The monoisotopic (exact) mass is 447 g/mol. The van der Waals surface area contributed by atoms with Gasteiger partial charge in [-0.05, 0) is 19.1 Å². The molecule has 2 aromatic heterocycles. The maximum absolute atomic E-state index is 5.56. The number of hydrogen-bond donors (Lipinski definition) is 2. The Morgan fingerprint density at radius 3 is 2.83 bits per heavy atom. The Hall–Kier alpha value is -1.42. The van der Waals surface area contributed by atoms with E-state index in [4.69, 9.17) is 4.74 Å². The molecule has 2 aromatic rings. The van der Waals surface area contributed by atoms with E-state index in [2.05, 4.69) is 31.0 Å². The zero-order valence-electron chi connectivity index (χ0n) is 13.3. The molecular formula is C15H22IN5OS. The average Bonchev–Trinajstić information content (AvgIpc) is 2.96. The molecule has 126 valence electrons. The van der Waals surface area contributed by atoms with Crippen molar-refractivity contribution in [1.29, 1.82) is 0 Å². The van der Waals surface area contributed by atoms with Gasteiger partial charge in [-0.15, -0.1) is 35.3 Å². The van der Waals surface area contributed by atoms with E-state index in [-0.39, 0.29) is 24.0 Å². The van der Waals surface area contributed by atoms with E-state index in [9.17, 15) is 0 Å². The van der Waals surface area contributed by atoms with E-state index in [1.165, 1.54) is 0 Å². The van der Waals surface area contributed by atoms with Crippen molar-refractivity contribution in [3.63, 3.8) is 0 Å². The number of hydrogen-bond acceptors (Lipinski definition) is 5. The van der Waals surface area contributed by atoms with Crippen molar-refractivity contribution in [2.45, 2.75) is 13.3 Å². The summed E-state index contributed by atoms with van der Waals surface area (Å²) in [7, 11) is 1.75. The Morgan fingerprint density at radius 2 is 2.17 bits per heavy atom. The molecule has 0 unspecified atom stereocenters. The lowest BCUT2D eigenvalue weighted by atomic mass is 10.3. The molecule has 0 saturated carbocycles. The molecule has 2 heterocycles. The molecule has 0 amide bonds. The van der Waals surface area contributed by atoms with Gasteiger partial charge in [0.05, 0.1) is 23.4 Å². The van der Waals surface area contributed by atoms with Gasteiger partial charge < -0.3 is 15.4 Å². The summed E-state index contributed by atoms with van der Waals surface area (Å²) in [5, 5.41) is 9.66. The predicted molar refractivity (Wildman–Crippen MR) is 105 cm³/mol. The van der Waals surface area contributed by atoms with Crippen LogP contribution in [-0.2, 0) is 6.42 Å². The van der Waals surface area contributed by atoms with E-state index in [0.717, 1.165) is 35.4 Å². The first-order chi connectivity index (χ1) is 10.8. The molecule has 0 fully saturated rings. The quantitative estimate of drug-likeness (QED) is 0.295. The molecule has 0 aliphatic rings. The van der Waals surface area contributed by atoms with Crippen LogP contribution in [0.25, 0.3) is 0 Å². The number of nitrogens with zero attached hydrogens (tertiary/aromatic N) is 3. The molecule has 2 N–H and O–H groups in total. The number of nitrogens with one attached hydrogen (secondary N) is 2. The van der Waals surface area contributed by atoms with Crippen LogP contribution in [0, 0.1) is 6.92 Å². The highest BCUT2D eigenvalue weighted by molar-refractivity contribution is 14.0. The number of guanidine groups is 1. The van der Waals surface area contributed by atoms with Gasteiger partial charge >= 0.3 is 0 Å². The second kappa shape index (κ2) is 11.2. The molecule has 0 spiro atoms. The number of rotatable bonds is 7. The van der Waals surface area contributed by atoms with Crippen LogP contribution in [0.15, 0.2) is 34.9 Å². The minimum Gasteiger partial charge on any atom is -0.490 e. The molecule has 0 aliphatic heterocycles.